The lowest BCUT2D eigenvalue weighted by Crippen LogP contribution is -2.28. The van der Waals surface area contributed by atoms with E-state index in [9.17, 15) is 4.79 Å². The highest BCUT2D eigenvalue weighted by molar-refractivity contribution is 6.04. The molecule has 1 heterocycles. The highest BCUT2D eigenvalue weighted by Crippen LogP contribution is 2.08. The van der Waals surface area contributed by atoms with Gasteiger partial charge in [0.2, 0.25) is 0 Å². The number of nitrogens with zero attached hydrogens (tertiary/aromatic N) is 1. The molecule has 0 aromatic rings. The largest absolute Gasteiger partial charge is 0.302 e. The Morgan fingerprint density at radius 2 is 2.42 bits per heavy atom. The number of rotatable bonds is 2. The van der Waals surface area contributed by atoms with Gasteiger partial charge >= 0.3 is 0 Å². The number of allylic oxidation sites excluding steroid dienone is 2. The minimum atomic E-state index is 0.157. The number of hydrogen-bond acceptors (Lipinski definition) is 2. The van der Waals surface area contributed by atoms with Gasteiger partial charge in [-0.3, -0.25) is 4.79 Å². The van der Waals surface area contributed by atoms with Crippen LogP contribution in [0.25, 0.3) is 0 Å². The Kier molecular flexibility index (Phi) is 3.23. The van der Waals surface area contributed by atoms with E-state index in [2.05, 4.69) is 4.90 Å². The average molecular weight is 165 g/mol. The van der Waals surface area contributed by atoms with Crippen molar-refractivity contribution >= 4 is 5.78 Å². The molecule has 2 nitrogen and oxygen atoms in total. The number of hydrogen-bond donors (Lipinski definition) is 0. The molecular weight excluding hydrogens is 150 g/mol. The van der Waals surface area contributed by atoms with E-state index >= 15 is 0 Å². The van der Waals surface area contributed by atoms with Crippen molar-refractivity contribution in [3.8, 4) is 0 Å². The van der Waals surface area contributed by atoms with E-state index in [-0.39, 0.29) is 5.78 Å². The third-order valence-corrected chi connectivity index (χ3v) is 1.98. The van der Waals surface area contributed by atoms with Crippen LogP contribution in [0.1, 0.15) is 13.3 Å². The zero-order valence-electron chi connectivity index (χ0n) is 7.71. The third-order valence-electron chi connectivity index (χ3n) is 1.98. The van der Waals surface area contributed by atoms with E-state index in [1.807, 2.05) is 20.0 Å². The van der Waals surface area contributed by atoms with Gasteiger partial charge in [0.25, 0.3) is 0 Å². The predicted octanol–water partition coefficient (Wildman–Crippen LogP) is 1.39. The van der Waals surface area contributed by atoms with Crippen LogP contribution < -0.4 is 0 Å². The Morgan fingerprint density at radius 1 is 1.67 bits per heavy atom. The van der Waals surface area contributed by atoms with Crippen molar-refractivity contribution in [1.29, 1.82) is 0 Å². The van der Waals surface area contributed by atoms with Gasteiger partial charge in [0.1, 0.15) is 0 Å². The first kappa shape index (κ1) is 9.20. The fraction of sp³-hybridized carbons (Fsp3) is 0.500. The second-order valence-corrected chi connectivity index (χ2v) is 3.12. The van der Waals surface area contributed by atoms with E-state index in [4.69, 9.17) is 0 Å². The van der Waals surface area contributed by atoms with Crippen molar-refractivity contribution < 1.29 is 4.79 Å². The molecule has 0 fully saturated rings. The van der Waals surface area contributed by atoms with E-state index in [1.165, 1.54) is 0 Å². The SMILES string of the molecule is C/C=C\C(=O)C1=CCCN(C)C1. The molecule has 0 atom stereocenters. The molecular formula is C10H15NO. The molecule has 0 unspecified atom stereocenters. The molecule has 0 radical (unpaired) electrons. The summed E-state index contributed by atoms with van der Waals surface area (Å²) < 4.78 is 0. The van der Waals surface area contributed by atoms with Crippen LogP contribution in [0.5, 0.6) is 0 Å². The van der Waals surface area contributed by atoms with Crippen LogP contribution in [0.2, 0.25) is 0 Å². The van der Waals surface area contributed by atoms with Crippen LogP contribution >= 0.6 is 0 Å². The molecule has 0 aliphatic carbocycles. The minimum Gasteiger partial charge on any atom is -0.302 e. The van der Waals surface area contributed by atoms with E-state index in [1.54, 1.807) is 12.2 Å². The molecule has 1 aliphatic heterocycles. The molecule has 0 saturated carbocycles. The zero-order chi connectivity index (χ0) is 8.97. The predicted molar refractivity (Wildman–Crippen MR) is 50.0 cm³/mol. The van der Waals surface area contributed by atoms with Gasteiger partial charge in [0.15, 0.2) is 5.78 Å². The van der Waals surface area contributed by atoms with Crippen LogP contribution in [0.15, 0.2) is 23.8 Å². The quantitative estimate of drug-likeness (QED) is 0.576. The van der Waals surface area contributed by atoms with Gasteiger partial charge in [-0.15, -0.1) is 0 Å². The summed E-state index contributed by atoms with van der Waals surface area (Å²) in [4.78, 5) is 13.5. The maximum atomic E-state index is 11.4. The smallest absolute Gasteiger partial charge is 0.182 e. The maximum Gasteiger partial charge on any atom is 0.182 e. The minimum absolute atomic E-state index is 0.157. The molecule has 0 amide bonds. The second kappa shape index (κ2) is 4.21. The average Bonchev–Trinajstić information content (AvgIpc) is 2.05. The van der Waals surface area contributed by atoms with Crippen molar-refractivity contribution in [2.24, 2.45) is 0 Å². The fourth-order valence-electron chi connectivity index (χ4n) is 1.33. The Labute approximate surface area is 73.6 Å². The molecule has 0 saturated heterocycles. The Morgan fingerprint density at radius 3 is 3.00 bits per heavy atom. The topological polar surface area (TPSA) is 20.3 Å². The van der Waals surface area contributed by atoms with Crippen LogP contribution in [0.3, 0.4) is 0 Å². The van der Waals surface area contributed by atoms with Crippen molar-refractivity contribution in [3.63, 3.8) is 0 Å². The summed E-state index contributed by atoms with van der Waals surface area (Å²) >= 11 is 0. The zero-order valence-corrected chi connectivity index (χ0v) is 7.71. The highest BCUT2D eigenvalue weighted by Gasteiger charge is 2.12. The second-order valence-electron chi connectivity index (χ2n) is 3.12. The fourth-order valence-corrected chi connectivity index (χ4v) is 1.33. The van der Waals surface area contributed by atoms with Crippen LogP contribution in [0.4, 0.5) is 0 Å². The first-order chi connectivity index (χ1) is 5.74. The summed E-state index contributed by atoms with van der Waals surface area (Å²) in [5, 5.41) is 0. The van der Waals surface area contributed by atoms with E-state index in [0.29, 0.717) is 0 Å². The van der Waals surface area contributed by atoms with E-state index < -0.39 is 0 Å². The molecule has 66 valence electrons. The molecule has 0 aromatic carbocycles. The van der Waals surface area contributed by atoms with Gasteiger partial charge in [-0.25, -0.2) is 0 Å². The molecule has 12 heavy (non-hydrogen) atoms. The lowest BCUT2D eigenvalue weighted by atomic mass is 10.1. The van der Waals surface area contributed by atoms with Crippen molar-refractivity contribution in [2.75, 3.05) is 20.1 Å². The summed E-state index contributed by atoms with van der Waals surface area (Å²) in [6.45, 7) is 3.72. The van der Waals surface area contributed by atoms with Crippen LogP contribution in [-0.2, 0) is 4.79 Å². The monoisotopic (exact) mass is 165 g/mol. The number of likely N-dealkylation sites (N-methyl/N-ethyl adjacent to an activating group) is 1. The number of ketones is 1. The van der Waals surface area contributed by atoms with Crippen molar-refractivity contribution in [1.82, 2.24) is 4.90 Å². The van der Waals surface area contributed by atoms with Crippen molar-refractivity contribution in [2.45, 2.75) is 13.3 Å². The van der Waals surface area contributed by atoms with Crippen LogP contribution in [0, 0.1) is 0 Å². The first-order valence-corrected chi connectivity index (χ1v) is 4.28. The molecule has 1 aliphatic rings. The molecule has 0 spiro atoms. The normalized spacial score (nSPS) is 19.7. The summed E-state index contributed by atoms with van der Waals surface area (Å²) in [7, 11) is 2.04. The molecule has 0 bridgehead atoms. The highest BCUT2D eigenvalue weighted by atomic mass is 16.1. The Balaban J connectivity index is 2.62. The Hall–Kier alpha value is -0.890. The maximum absolute atomic E-state index is 11.4. The van der Waals surface area contributed by atoms with Gasteiger partial charge in [-0.05, 0) is 26.5 Å². The Bertz CT molecular complexity index is 228. The summed E-state index contributed by atoms with van der Waals surface area (Å²) in [5.74, 6) is 0.157. The van der Waals surface area contributed by atoms with Crippen LogP contribution in [-0.4, -0.2) is 30.8 Å². The third kappa shape index (κ3) is 2.31. The summed E-state index contributed by atoms with van der Waals surface area (Å²) in [6, 6.07) is 0. The lowest BCUT2D eigenvalue weighted by Gasteiger charge is -2.21. The first-order valence-electron chi connectivity index (χ1n) is 4.28. The molecule has 1 rings (SSSR count). The van der Waals surface area contributed by atoms with Gasteiger partial charge in [0, 0.05) is 18.7 Å². The summed E-state index contributed by atoms with van der Waals surface area (Å²) in [6.07, 6.45) is 6.46. The lowest BCUT2D eigenvalue weighted by molar-refractivity contribution is -0.111. The van der Waals surface area contributed by atoms with Gasteiger partial charge in [0.05, 0.1) is 0 Å². The molecule has 0 N–H and O–H groups in total. The summed E-state index contributed by atoms with van der Waals surface area (Å²) in [5.41, 5.74) is 0.932. The molecule has 0 aromatic heterocycles. The number of carbonyl (C=O) groups is 1. The number of carbonyl (C=O) groups excluding carboxylic acids is 1. The van der Waals surface area contributed by atoms with Gasteiger partial charge < -0.3 is 4.90 Å². The van der Waals surface area contributed by atoms with E-state index in [0.717, 1.165) is 25.1 Å². The van der Waals surface area contributed by atoms with Gasteiger partial charge in [-0.1, -0.05) is 12.2 Å². The molecule has 2 heteroatoms. The van der Waals surface area contributed by atoms with Gasteiger partial charge in [-0.2, -0.15) is 0 Å². The van der Waals surface area contributed by atoms with Crippen molar-refractivity contribution in [3.05, 3.63) is 23.8 Å². The standard InChI is InChI=1S/C10H15NO/c1-3-5-10(12)9-6-4-7-11(2)8-9/h3,5-6H,4,7-8H2,1-2H3/b5-3-.